The van der Waals surface area contributed by atoms with Gasteiger partial charge in [-0.05, 0) is 59.7 Å². The van der Waals surface area contributed by atoms with Gasteiger partial charge in [-0.2, -0.15) is 20.5 Å². The van der Waals surface area contributed by atoms with Gasteiger partial charge in [0.1, 0.15) is 17.2 Å². The summed E-state index contributed by atoms with van der Waals surface area (Å²) in [7, 11) is 0.543. The molecule has 0 N–H and O–H groups in total. The van der Waals surface area contributed by atoms with Gasteiger partial charge in [0.25, 0.3) is 0 Å². The largest absolute Gasteiger partial charge is 0.491 e. The minimum absolute atomic E-state index is 0.0552. The molecule has 222 valence electrons. The number of nitrogens with zero attached hydrogens (tertiary/aromatic N) is 6. The molecule has 0 unspecified atom stereocenters. The van der Waals surface area contributed by atoms with Crippen LogP contribution < -0.4 is 14.2 Å². The lowest BCUT2D eigenvalue weighted by atomic mass is 10.2. The van der Waals surface area contributed by atoms with Gasteiger partial charge in [-0.15, -0.1) is 10.2 Å². The maximum absolute atomic E-state index is 5.93. The molecule has 0 saturated carbocycles. The predicted octanol–water partition coefficient (Wildman–Crippen LogP) is 7.80. The van der Waals surface area contributed by atoms with Crippen molar-refractivity contribution in [2.24, 2.45) is 30.7 Å². The van der Waals surface area contributed by atoms with Crippen LogP contribution in [0.4, 0.5) is 0 Å². The highest BCUT2D eigenvalue weighted by Crippen LogP contribution is 2.24. The topological polar surface area (TPSA) is 102 Å². The Hall–Kier alpha value is -4.18. The van der Waals surface area contributed by atoms with Crippen molar-refractivity contribution >= 4 is 10.2 Å². The molecule has 42 heavy (non-hydrogen) atoms. The van der Waals surface area contributed by atoms with E-state index in [1.807, 2.05) is 114 Å². The average molecular weight is 587 g/mol. The first-order valence-corrected chi connectivity index (χ1v) is 15.3. The second-order valence-electron chi connectivity index (χ2n) is 10.4. The van der Waals surface area contributed by atoms with E-state index >= 15 is 0 Å². The molecule has 0 aliphatic carbocycles. The first-order valence-electron chi connectivity index (χ1n) is 14.3. The molecule has 0 aliphatic heterocycles. The van der Waals surface area contributed by atoms with Gasteiger partial charge in [0, 0.05) is 16.7 Å². The monoisotopic (exact) mass is 586 g/mol. The van der Waals surface area contributed by atoms with Gasteiger partial charge in [-0.3, -0.25) is 0 Å². The molecular weight excluding hydrogens is 544 g/mol. The van der Waals surface area contributed by atoms with E-state index in [2.05, 4.69) is 30.7 Å². The van der Waals surface area contributed by atoms with E-state index in [9.17, 15) is 0 Å². The van der Waals surface area contributed by atoms with Crippen LogP contribution in [0.3, 0.4) is 0 Å². The highest BCUT2D eigenvalue weighted by molar-refractivity contribution is 6.21. The van der Waals surface area contributed by atoms with E-state index in [1.165, 1.54) is 0 Å². The van der Waals surface area contributed by atoms with Gasteiger partial charge in [0.2, 0.25) is 5.82 Å². The van der Waals surface area contributed by atoms with Crippen molar-refractivity contribution in [3.8, 4) is 17.2 Å². The molecule has 0 saturated heterocycles. The number of ether oxygens (including phenoxy) is 3. The normalized spacial score (nSPS) is 11.9. The maximum Gasteiger partial charge on any atom is 0.213 e. The number of hydrogen-bond acceptors (Lipinski definition) is 9. The molecule has 3 aromatic carbocycles. The van der Waals surface area contributed by atoms with Crippen molar-refractivity contribution in [1.29, 1.82) is 0 Å². The van der Waals surface area contributed by atoms with Crippen molar-refractivity contribution < 1.29 is 14.2 Å². The molecule has 0 bridgehead atoms. The molecule has 0 amide bonds. The van der Waals surface area contributed by atoms with Gasteiger partial charge in [-0.1, -0.05) is 54.6 Å². The molecule has 0 atom stereocenters. The molecule has 0 aromatic heterocycles. The summed E-state index contributed by atoms with van der Waals surface area (Å²) in [5, 5.41) is 27.3. The Morgan fingerprint density at radius 1 is 0.524 bits per heavy atom. The van der Waals surface area contributed by atoms with Crippen molar-refractivity contribution in [3.05, 3.63) is 101 Å². The standard InChI is InChI=1S/C32H42N6O3Si/c1-22(2)39-28-16-10-7-13-25(28)19-33-36-31(37-34-20-26-14-8-11-17-29(26)40-23(3)4)32(42)38-35-21-27-15-9-12-18-30(27)41-24(5)6/h7-18,22-24H,19-21H2,1-6,42H3. The molecule has 0 heterocycles. The minimum atomic E-state index is 0.0552. The number of hydrogen-bond donors (Lipinski definition) is 0. The van der Waals surface area contributed by atoms with Gasteiger partial charge < -0.3 is 14.2 Å². The third kappa shape index (κ3) is 11.0. The van der Waals surface area contributed by atoms with Crippen LogP contribution >= 0.6 is 0 Å². The SMILES string of the molecule is CC(C)Oc1ccccc1CN=NC([SiH3])=C(N=NCc1ccccc1OC(C)C)N=NCc1ccccc1OC(C)C. The molecule has 9 nitrogen and oxygen atoms in total. The third-order valence-electron chi connectivity index (χ3n) is 5.60. The highest BCUT2D eigenvalue weighted by Gasteiger charge is 2.08. The summed E-state index contributed by atoms with van der Waals surface area (Å²) in [6, 6.07) is 23.5. The second-order valence-corrected chi connectivity index (χ2v) is 11.4. The molecule has 3 aromatic rings. The van der Waals surface area contributed by atoms with Crippen molar-refractivity contribution in [1.82, 2.24) is 0 Å². The van der Waals surface area contributed by atoms with Gasteiger partial charge in [0.15, 0.2) is 0 Å². The minimum Gasteiger partial charge on any atom is -0.491 e. The van der Waals surface area contributed by atoms with Crippen LogP contribution in [0.25, 0.3) is 0 Å². The van der Waals surface area contributed by atoms with Crippen molar-refractivity contribution in [3.63, 3.8) is 0 Å². The number of rotatable bonds is 15. The molecule has 3 rings (SSSR count). The van der Waals surface area contributed by atoms with Gasteiger partial charge in [0.05, 0.1) is 53.5 Å². The predicted molar refractivity (Wildman–Crippen MR) is 169 cm³/mol. The van der Waals surface area contributed by atoms with Crippen LogP contribution in [-0.4, -0.2) is 28.6 Å². The summed E-state index contributed by atoms with van der Waals surface area (Å²) >= 11 is 0. The summed E-state index contributed by atoms with van der Waals surface area (Å²) in [6.45, 7) is 13.0. The van der Waals surface area contributed by atoms with Crippen LogP contribution in [0.2, 0.25) is 0 Å². The zero-order valence-electron chi connectivity index (χ0n) is 25.7. The van der Waals surface area contributed by atoms with E-state index < -0.39 is 0 Å². The average Bonchev–Trinajstić information content (AvgIpc) is 2.94. The first kappa shape index (κ1) is 32.3. The fourth-order valence-corrected chi connectivity index (χ4v) is 4.14. The van der Waals surface area contributed by atoms with Crippen LogP contribution in [-0.2, 0) is 19.6 Å². The molecular formula is C32H42N6O3Si. The molecule has 0 spiro atoms. The van der Waals surface area contributed by atoms with E-state index in [4.69, 9.17) is 14.2 Å². The summed E-state index contributed by atoms with van der Waals surface area (Å²) < 4.78 is 17.8. The van der Waals surface area contributed by atoms with E-state index in [0.29, 0.717) is 41.0 Å². The Morgan fingerprint density at radius 2 is 0.833 bits per heavy atom. The fourth-order valence-electron chi connectivity index (χ4n) is 3.79. The Kier molecular flexibility index (Phi) is 13.0. The summed E-state index contributed by atoms with van der Waals surface area (Å²) in [5.41, 5.74) is 2.83. The van der Waals surface area contributed by atoms with E-state index in [0.717, 1.165) is 33.9 Å². The van der Waals surface area contributed by atoms with Crippen LogP contribution in [0.1, 0.15) is 58.2 Å². The Bertz CT molecular complexity index is 1330. The molecule has 0 aliphatic rings. The zero-order chi connectivity index (χ0) is 30.3. The highest BCUT2D eigenvalue weighted by atomic mass is 28.1. The number of azo groups is 3. The Morgan fingerprint density at radius 3 is 1.17 bits per heavy atom. The van der Waals surface area contributed by atoms with Crippen LogP contribution in [0, 0.1) is 0 Å². The number of benzene rings is 3. The Balaban J connectivity index is 1.84. The Labute approximate surface area is 252 Å². The lowest BCUT2D eigenvalue weighted by Gasteiger charge is -2.12. The summed E-state index contributed by atoms with van der Waals surface area (Å²) in [4.78, 5) is 0. The third-order valence-corrected chi connectivity index (χ3v) is 6.25. The first-order chi connectivity index (χ1) is 20.2. The van der Waals surface area contributed by atoms with Crippen molar-refractivity contribution in [2.45, 2.75) is 79.5 Å². The quantitative estimate of drug-likeness (QED) is 0.134. The lowest BCUT2D eigenvalue weighted by Crippen LogP contribution is -2.07. The molecule has 0 fully saturated rings. The zero-order valence-corrected chi connectivity index (χ0v) is 27.7. The van der Waals surface area contributed by atoms with Crippen molar-refractivity contribution in [2.75, 3.05) is 0 Å². The second kappa shape index (κ2) is 16.9. The maximum atomic E-state index is 5.93. The van der Waals surface area contributed by atoms with E-state index in [-0.39, 0.29) is 18.3 Å². The molecule has 0 radical (unpaired) electrons. The van der Waals surface area contributed by atoms with Crippen LogP contribution in [0.15, 0.2) is 115 Å². The lowest BCUT2D eigenvalue weighted by molar-refractivity contribution is 0.239. The van der Waals surface area contributed by atoms with Gasteiger partial charge in [-0.25, -0.2) is 0 Å². The van der Waals surface area contributed by atoms with Gasteiger partial charge >= 0.3 is 0 Å². The van der Waals surface area contributed by atoms with Crippen LogP contribution in [0.5, 0.6) is 17.2 Å². The fraction of sp³-hybridized carbons (Fsp3) is 0.375. The van der Waals surface area contributed by atoms with E-state index in [1.54, 1.807) is 0 Å². The summed E-state index contributed by atoms with van der Waals surface area (Å²) in [6.07, 6.45) is 0.177. The summed E-state index contributed by atoms with van der Waals surface area (Å²) in [5.74, 6) is 2.71. The number of para-hydroxylation sites is 3. The molecule has 10 heteroatoms. The smallest absolute Gasteiger partial charge is 0.213 e.